The van der Waals surface area contributed by atoms with Crippen LogP contribution in [0.5, 0.6) is 11.5 Å². The Bertz CT molecular complexity index is 461. The predicted molar refractivity (Wildman–Crippen MR) is 85.4 cm³/mol. The van der Waals surface area contributed by atoms with E-state index in [0.717, 1.165) is 29.5 Å². The van der Waals surface area contributed by atoms with E-state index in [2.05, 4.69) is 12.1 Å². The zero-order valence-corrected chi connectivity index (χ0v) is 12.3. The smallest absolute Gasteiger partial charge is 0.127 e. The van der Waals surface area contributed by atoms with Crippen molar-refractivity contribution in [1.29, 1.82) is 0 Å². The lowest BCUT2D eigenvalue weighted by molar-refractivity contribution is 0.482. The summed E-state index contributed by atoms with van der Waals surface area (Å²) in [7, 11) is 0. The highest BCUT2D eigenvalue weighted by molar-refractivity contribution is 7.98. The summed E-state index contributed by atoms with van der Waals surface area (Å²) in [6.45, 7) is 0.736. The summed E-state index contributed by atoms with van der Waals surface area (Å²) in [5.41, 5.74) is 6.76. The minimum absolute atomic E-state index is 0. The molecule has 0 saturated carbocycles. The normalized spacial score (nSPS) is 9.74. The maximum Gasteiger partial charge on any atom is 0.127 e. The second-order valence-electron chi connectivity index (χ2n) is 3.90. The highest BCUT2D eigenvalue weighted by Gasteiger charge is 1.97. The Kier molecular flexibility index (Phi) is 7.41. The largest absolute Gasteiger partial charge is 0.457 e. The number of rotatable bonds is 6. The molecule has 0 heterocycles. The SMILES string of the molecule is Cl.NCCSCc1ccc(Oc2ccccc2)cc1. The van der Waals surface area contributed by atoms with Crippen LogP contribution >= 0.6 is 24.2 Å². The van der Waals surface area contributed by atoms with Gasteiger partial charge in [0.05, 0.1) is 0 Å². The summed E-state index contributed by atoms with van der Waals surface area (Å²) in [6, 6.07) is 18.0. The lowest BCUT2D eigenvalue weighted by Crippen LogP contribution is -2.01. The topological polar surface area (TPSA) is 35.2 Å². The fourth-order valence-electron chi connectivity index (χ4n) is 1.55. The highest BCUT2D eigenvalue weighted by Crippen LogP contribution is 2.22. The Morgan fingerprint density at radius 2 is 1.53 bits per heavy atom. The van der Waals surface area contributed by atoms with Crippen molar-refractivity contribution in [3.63, 3.8) is 0 Å². The number of hydrogen-bond donors (Lipinski definition) is 1. The van der Waals surface area contributed by atoms with E-state index < -0.39 is 0 Å². The van der Waals surface area contributed by atoms with Gasteiger partial charge in [-0.2, -0.15) is 11.8 Å². The molecule has 2 rings (SSSR count). The van der Waals surface area contributed by atoms with E-state index in [1.807, 2.05) is 54.2 Å². The van der Waals surface area contributed by atoms with Crippen LogP contribution in [0.15, 0.2) is 54.6 Å². The Hall–Kier alpha value is -1.16. The lowest BCUT2D eigenvalue weighted by Gasteiger charge is -2.06. The summed E-state index contributed by atoms with van der Waals surface area (Å²) in [4.78, 5) is 0. The van der Waals surface area contributed by atoms with E-state index in [-0.39, 0.29) is 12.4 Å². The molecular formula is C15H18ClNOS. The molecule has 0 radical (unpaired) electrons. The standard InChI is InChI=1S/C15H17NOS.ClH/c16-10-11-18-12-13-6-8-15(9-7-13)17-14-4-2-1-3-5-14;/h1-9H,10-12,16H2;1H. The molecule has 0 fully saturated rings. The fourth-order valence-corrected chi connectivity index (χ4v) is 2.29. The quantitative estimate of drug-likeness (QED) is 0.815. The molecule has 0 saturated heterocycles. The second kappa shape index (κ2) is 8.86. The zero-order chi connectivity index (χ0) is 12.6. The molecule has 19 heavy (non-hydrogen) atoms. The molecule has 0 aliphatic heterocycles. The van der Waals surface area contributed by atoms with Crippen molar-refractivity contribution in [3.05, 3.63) is 60.2 Å². The average molecular weight is 296 g/mol. The van der Waals surface area contributed by atoms with Crippen LogP contribution in [0.25, 0.3) is 0 Å². The van der Waals surface area contributed by atoms with Gasteiger partial charge in [0.25, 0.3) is 0 Å². The van der Waals surface area contributed by atoms with Gasteiger partial charge in [-0.1, -0.05) is 30.3 Å². The Morgan fingerprint density at radius 3 is 2.16 bits per heavy atom. The molecule has 2 aromatic carbocycles. The number of hydrogen-bond acceptors (Lipinski definition) is 3. The number of thioether (sulfide) groups is 1. The molecule has 0 bridgehead atoms. The van der Waals surface area contributed by atoms with Crippen LogP contribution in [0.4, 0.5) is 0 Å². The summed E-state index contributed by atoms with van der Waals surface area (Å²) in [6.07, 6.45) is 0. The number of para-hydroxylation sites is 1. The van der Waals surface area contributed by atoms with Gasteiger partial charge in [-0.15, -0.1) is 12.4 Å². The molecule has 0 aliphatic rings. The van der Waals surface area contributed by atoms with Gasteiger partial charge >= 0.3 is 0 Å². The minimum atomic E-state index is 0. The van der Waals surface area contributed by atoms with E-state index in [1.54, 1.807) is 0 Å². The van der Waals surface area contributed by atoms with Crippen molar-refractivity contribution in [2.75, 3.05) is 12.3 Å². The molecule has 0 aromatic heterocycles. The van der Waals surface area contributed by atoms with E-state index in [1.165, 1.54) is 5.56 Å². The average Bonchev–Trinajstić information content (AvgIpc) is 2.42. The van der Waals surface area contributed by atoms with Crippen molar-refractivity contribution in [2.24, 2.45) is 5.73 Å². The first-order valence-electron chi connectivity index (χ1n) is 5.98. The van der Waals surface area contributed by atoms with Gasteiger partial charge in [-0.3, -0.25) is 0 Å². The summed E-state index contributed by atoms with van der Waals surface area (Å²) in [5.74, 6) is 3.74. The third-order valence-corrected chi connectivity index (χ3v) is 3.50. The molecule has 2 N–H and O–H groups in total. The monoisotopic (exact) mass is 295 g/mol. The van der Waals surface area contributed by atoms with Crippen LogP contribution in [-0.2, 0) is 5.75 Å². The number of benzene rings is 2. The maximum atomic E-state index is 5.73. The van der Waals surface area contributed by atoms with Crippen molar-refractivity contribution in [1.82, 2.24) is 0 Å². The van der Waals surface area contributed by atoms with Crippen LogP contribution in [0.3, 0.4) is 0 Å². The van der Waals surface area contributed by atoms with Crippen molar-refractivity contribution in [3.8, 4) is 11.5 Å². The molecule has 2 nitrogen and oxygen atoms in total. The summed E-state index contributed by atoms with van der Waals surface area (Å²) >= 11 is 1.85. The van der Waals surface area contributed by atoms with Crippen molar-refractivity contribution >= 4 is 24.2 Å². The third kappa shape index (κ3) is 5.55. The Balaban J connectivity index is 0.00000180. The molecule has 4 heteroatoms. The number of halogens is 1. The Labute approximate surface area is 124 Å². The number of ether oxygens (including phenoxy) is 1. The number of nitrogens with two attached hydrogens (primary N) is 1. The van der Waals surface area contributed by atoms with Gasteiger partial charge in [0, 0.05) is 18.1 Å². The molecule has 0 aliphatic carbocycles. The summed E-state index contributed by atoms with van der Waals surface area (Å²) < 4.78 is 5.73. The van der Waals surface area contributed by atoms with Crippen LogP contribution in [0.1, 0.15) is 5.56 Å². The van der Waals surface area contributed by atoms with Crippen molar-refractivity contribution < 1.29 is 4.74 Å². The van der Waals surface area contributed by atoms with Gasteiger partial charge in [0.15, 0.2) is 0 Å². The zero-order valence-electron chi connectivity index (χ0n) is 10.6. The molecule has 0 spiro atoms. The van der Waals surface area contributed by atoms with Gasteiger partial charge in [-0.25, -0.2) is 0 Å². The molecule has 0 amide bonds. The first-order valence-corrected chi connectivity index (χ1v) is 7.13. The van der Waals surface area contributed by atoms with Crippen LogP contribution < -0.4 is 10.5 Å². The fraction of sp³-hybridized carbons (Fsp3) is 0.200. The van der Waals surface area contributed by atoms with Crippen molar-refractivity contribution in [2.45, 2.75) is 5.75 Å². The minimum Gasteiger partial charge on any atom is -0.457 e. The van der Waals surface area contributed by atoms with Gasteiger partial charge in [0.1, 0.15) is 11.5 Å². The first kappa shape index (κ1) is 15.9. The van der Waals surface area contributed by atoms with E-state index in [0.29, 0.717) is 0 Å². The third-order valence-electron chi connectivity index (χ3n) is 2.43. The van der Waals surface area contributed by atoms with E-state index in [9.17, 15) is 0 Å². The van der Waals surface area contributed by atoms with Crippen LogP contribution in [-0.4, -0.2) is 12.3 Å². The summed E-state index contributed by atoms with van der Waals surface area (Å²) in [5, 5.41) is 0. The van der Waals surface area contributed by atoms with E-state index in [4.69, 9.17) is 10.5 Å². The maximum absolute atomic E-state index is 5.73. The van der Waals surface area contributed by atoms with Crippen LogP contribution in [0.2, 0.25) is 0 Å². The van der Waals surface area contributed by atoms with Crippen LogP contribution in [0, 0.1) is 0 Å². The molecule has 102 valence electrons. The van der Waals surface area contributed by atoms with E-state index >= 15 is 0 Å². The molecule has 2 aromatic rings. The molecule has 0 unspecified atom stereocenters. The molecule has 0 atom stereocenters. The van der Waals surface area contributed by atoms with Gasteiger partial charge < -0.3 is 10.5 Å². The first-order chi connectivity index (χ1) is 8.88. The second-order valence-corrected chi connectivity index (χ2v) is 5.01. The lowest BCUT2D eigenvalue weighted by atomic mass is 10.2. The Morgan fingerprint density at radius 1 is 0.895 bits per heavy atom. The predicted octanol–water partition coefficient (Wildman–Crippen LogP) is 4.09. The highest BCUT2D eigenvalue weighted by atomic mass is 35.5. The van der Waals surface area contributed by atoms with Gasteiger partial charge in [0.2, 0.25) is 0 Å². The molecular weight excluding hydrogens is 278 g/mol. The van der Waals surface area contributed by atoms with Gasteiger partial charge in [-0.05, 0) is 29.8 Å².